The van der Waals surface area contributed by atoms with Crippen molar-refractivity contribution in [1.82, 2.24) is 10.2 Å². The first-order valence-corrected chi connectivity index (χ1v) is 7.66. The maximum absolute atomic E-state index is 12.3. The van der Waals surface area contributed by atoms with Gasteiger partial charge in [-0.3, -0.25) is 4.79 Å². The fourth-order valence-corrected chi connectivity index (χ4v) is 3.13. The largest absolute Gasteiger partial charge is 0.342 e. The standard InChI is InChI=1S/C15H28N2O.ClH/c1-12(2)3-4-13-6-9-17(10-7-13)15(18)14-5-8-16-11-14;/h12-14,16H,3-11H2,1-2H3;1H. The number of hydrogen-bond acceptors (Lipinski definition) is 2. The van der Waals surface area contributed by atoms with E-state index < -0.39 is 0 Å². The monoisotopic (exact) mass is 288 g/mol. The van der Waals surface area contributed by atoms with Crippen LogP contribution in [0.25, 0.3) is 0 Å². The van der Waals surface area contributed by atoms with Crippen LogP contribution in [0.2, 0.25) is 0 Å². The van der Waals surface area contributed by atoms with E-state index in [1.165, 1.54) is 25.7 Å². The number of nitrogens with zero attached hydrogens (tertiary/aromatic N) is 1. The summed E-state index contributed by atoms with van der Waals surface area (Å²) in [6.45, 7) is 8.50. The molecule has 0 spiro atoms. The molecule has 2 aliphatic heterocycles. The van der Waals surface area contributed by atoms with Crippen molar-refractivity contribution < 1.29 is 4.79 Å². The average molecular weight is 289 g/mol. The number of carbonyl (C=O) groups excluding carboxylic acids is 1. The van der Waals surface area contributed by atoms with Crippen LogP contribution in [0.4, 0.5) is 0 Å². The summed E-state index contributed by atoms with van der Waals surface area (Å²) >= 11 is 0. The highest BCUT2D eigenvalue weighted by atomic mass is 35.5. The van der Waals surface area contributed by atoms with Crippen molar-refractivity contribution in [2.75, 3.05) is 26.2 Å². The number of hydrogen-bond donors (Lipinski definition) is 1. The zero-order valence-electron chi connectivity index (χ0n) is 12.4. The quantitative estimate of drug-likeness (QED) is 0.863. The zero-order chi connectivity index (χ0) is 13.0. The van der Waals surface area contributed by atoms with Crippen molar-refractivity contribution in [2.24, 2.45) is 17.8 Å². The predicted octanol–water partition coefficient (Wildman–Crippen LogP) is 2.69. The van der Waals surface area contributed by atoms with Crippen molar-refractivity contribution in [1.29, 1.82) is 0 Å². The molecule has 2 aliphatic rings. The molecule has 1 amide bonds. The van der Waals surface area contributed by atoms with Gasteiger partial charge in [-0.15, -0.1) is 12.4 Å². The molecular formula is C15H29ClN2O. The number of carbonyl (C=O) groups is 1. The molecule has 0 aromatic rings. The average Bonchev–Trinajstić information content (AvgIpc) is 2.90. The van der Waals surface area contributed by atoms with Crippen molar-refractivity contribution in [3.05, 3.63) is 0 Å². The lowest BCUT2D eigenvalue weighted by Crippen LogP contribution is -2.42. The predicted molar refractivity (Wildman–Crippen MR) is 81.6 cm³/mol. The lowest BCUT2D eigenvalue weighted by atomic mass is 9.89. The van der Waals surface area contributed by atoms with Crippen molar-refractivity contribution in [2.45, 2.75) is 46.0 Å². The number of rotatable bonds is 4. The molecule has 1 atom stereocenters. The van der Waals surface area contributed by atoms with E-state index in [9.17, 15) is 4.79 Å². The van der Waals surface area contributed by atoms with Gasteiger partial charge in [0.25, 0.3) is 0 Å². The van der Waals surface area contributed by atoms with Crippen molar-refractivity contribution >= 4 is 18.3 Å². The topological polar surface area (TPSA) is 32.3 Å². The normalized spacial score (nSPS) is 24.6. The Bertz CT molecular complexity index is 269. The van der Waals surface area contributed by atoms with Gasteiger partial charge in [0.1, 0.15) is 0 Å². The molecule has 2 rings (SSSR count). The van der Waals surface area contributed by atoms with E-state index >= 15 is 0 Å². The van der Waals surface area contributed by atoms with Gasteiger partial charge >= 0.3 is 0 Å². The molecule has 3 nitrogen and oxygen atoms in total. The van der Waals surface area contributed by atoms with E-state index in [2.05, 4.69) is 24.1 Å². The Hall–Kier alpha value is -0.280. The highest BCUT2D eigenvalue weighted by Crippen LogP contribution is 2.25. The number of halogens is 1. The highest BCUT2D eigenvalue weighted by molar-refractivity contribution is 5.85. The second-order valence-electron chi connectivity index (χ2n) is 6.43. The number of piperidine rings is 1. The summed E-state index contributed by atoms with van der Waals surface area (Å²) in [4.78, 5) is 14.4. The van der Waals surface area contributed by atoms with Gasteiger partial charge in [-0.25, -0.2) is 0 Å². The Morgan fingerprint density at radius 1 is 1.26 bits per heavy atom. The SMILES string of the molecule is CC(C)CCC1CCN(C(=O)C2CCNC2)CC1.Cl. The van der Waals surface area contributed by atoms with Crippen LogP contribution in [-0.2, 0) is 4.79 Å². The molecule has 0 aromatic heterocycles. The maximum atomic E-state index is 12.3. The van der Waals surface area contributed by atoms with Crippen LogP contribution in [0.15, 0.2) is 0 Å². The lowest BCUT2D eigenvalue weighted by Gasteiger charge is -2.33. The summed E-state index contributed by atoms with van der Waals surface area (Å²) in [5.74, 6) is 2.34. The molecule has 1 N–H and O–H groups in total. The first kappa shape index (κ1) is 16.8. The molecule has 2 heterocycles. The van der Waals surface area contributed by atoms with Crippen LogP contribution in [-0.4, -0.2) is 37.0 Å². The number of amides is 1. The summed E-state index contributed by atoms with van der Waals surface area (Å²) in [5.41, 5.74) is 0. The van der Waals surface area contributed by atoms with Crippen LogP contribution in [0.5, 0.6) is 0 Å². The fraction of sp³-hybridized carbons (Fsp3) is 0.933. The first-order chi connectivity index (χ1) is 8.66. The van der Waals surface area contributed by atoms with Crippen LogP contribution >= 0.6 is 12.4 Å². The molecule has 0 bridgehead atoms. The van der Waals surface area contributed by atoms with E-state index in [0.29, 0.717) is 5.91 Å². The third kappa shape index (κ3) is 4.96. The molecule has 0 aliphatic carbocycles. The Morgan fingerprint density at radius 2 is 1.95 bits per heavy atom. The van der Waals surface area contributed by atoms with Crippen LogP contribution in [0, 0.1) is 17.8 Å². The van der Waals surface area contributed by atoms with Gasteiger partial charge in [0.15, 0.2) is 0 Å². The van der Waals surface area contributed by atoms with Gasteiger partial charge in [0, 0.05) is 19.6 Å². The molecule has 2 fully saturated rings. The molecular weight excluding hydrogens is 260 g/mol. The summed E-state index contributed by atoms with van der Waals surface area (Å²) in [7, 11) is 0. The highest BCUT2D eigenvalue weighted by Gasteiger charge is 2.29. The third-order valence-corrected chi connectivity index (χ3v) is 4.49. The van der Waals surface area contributed by atoms with E-state index in [1.54, 1.807) is 0 Å². The van der Waals surface area contributed by atoms with E-state index in [0.717, 1.165) is 44.4 Å². The van der Waals surface area contributed by atoms with Crippen molar-refractivity contribution in [3.63, 3.8) is 0 Å². The molecule has 0 aromatic carbocycles. The van der Waals surface area contributed by atoms with Crippen LogP contribution < -0.4 is 5.32 Å². The minimum absolute atomic E-state index is 0. The molecule has 0 saturated carbocycles. The minimum Gasteiger partial charge on any atom is -0.342 e. The van der Waals surface area contributed by atoms with Crippen LogP contribution in [0.3, 0.4) is 0 Å². The second kappa shape index (κ2) is 8.11. The number of likely N-dealkylation sites (tertiary alicyclic amines) is 1. The van der Waals surface area contributed by atoms with Gasteiger partial charge in [-0.05, 0) is 37.6 Å². The lowest BCUT2D eigenvalue weighted by molar-refractivity contribution is -0.136. The fourth-order valence-electron chi connectivity index (χ4n) is 3.13. The van der Waals surface area contributed by atoms with Gasteiger partial charge in [0.2, 0.25) is 5.91 Å². The smallest absolute Gasteiger partial charge is 0.227 e. The molecule has 2 saturated heterocycles. The summed E-state index contributed by atoms with van der Waals surface area (Å²) < 4.78 is 0. The van der Waals surface area contributed by atoms with E-state index in [-0.39, 0.29) is 18.3 Å². The maximum Gasteiger partial charge on any atom is 0.227 e. The minimum atomic E-state index is 0. The summed E-state index contributed by atoms with van der Waals surface area (Å²) in [6, 6.07) is 0. The van der Waals surface area contributed by atoms with Gasteiger partial charge in [-0.1, -0.05) is 26.7 Å². The van der Waals surface area contributed by atoms with E-state index in [1.807, 2.05) is 0 Å². The Balaban J connectivity index is 0.00000180. The zero-order valence-corrected chi connectivity index (χ0v) is 13.2. The second-order valence-corrected chi connectivity index (χ2v) is 6.43. The Kier molecular flexibility index (Phi) is 7.16. The van der Waals surface area contributed by atoms with Gasteiger partial charge in [0.05, 0.1) is 5.92 Å². The Labute approximate surface area is 123 Å². The van der Waals surface area contributed by atoms with E-state index in [4.69, 9.17) is 0 Å². The first-order valence-electron chi connectivity index (χ1n) is 7.66. The molecule has 4 heteroatoms. The molecule has 0 radical (unpaired) electrons. The molecule has 1 unspecified atom stereocenters. The summed E-state index contributed by atoms with van der Waals surface area (Å²) in [6.07, 6.45) is 6.17. The molecule has 112 valence electrons. The van der Waals surface area contributed by atoms with Crippen molar-refractivity contribution in [3.8, 4) is 0 Å². The number of nitrogens with one attached hydrogen (secondary N) is 1. The molecule has 19 heavy (non-hydrogen) atoms. The Morgan fingerprint density at radius 3 is 2.47 bits per heavy atom. The third-order valence-electron chi connectivity index (χ3n) is 4.49. The van der Waals surface area contributed by atoms with Crippen LogP contribution in [0.1, 0.15) is 46.0 Å². The van der Waals surface area contributed by atoms with Gasteiger partial charge < -0.3 is 10.2 Å². The van der Waals surface area contributed by atoms with Gasteiger partial charge in [-0.2, -0.15) is 0 Å². The summed E-state index contributed by atoms with van der Waals surface area (Å²) in [5, 5.41) is 3.29.